The monoisotopic (exact) mass is 323 g/mol. The highest BCUT2D eigenvalue weighted by atomic mass is 19.1. The quantitative estimate of drug-likeness (QED) is 0.578. The Morgan fingerprint density at radius 2 is 1.21 bits per heavy atom. The van der Waals surface area contributed by atoms with E-state index in [4.69, 9.17) is 9.68 Å². The van der Waals surface area contributed by atoms with Gasteiger partial charge in [0.15, 0.2) is 0 Å². The number of hydrogen-bond acceptors (Lipinski definition) is 3. The molecule has 3 nitrogen and oxygen atoms in total. The summed E-state index contributed by atoms with van der Waals surface area (Å²) in [4.78, 5) is 11.5. The van der Waals surface area contributed by atoms with E-state index in [1.807, 2.05) is 60.7 Å². The van der Waals surface area contributed by atoms with Crippen LogP contribution in [0, 0.1) is 5.82 Å². The predicted molar refractivity (Wildman–Crippen MR) is 91.3 cm³/mol. The van der Waals surface area contributed by atoms with Crippen LogP contribution in [0.25, 0.3) is 0 Å². The fourth-order valence-corrected chi connectivity index (χ4v) is 2.19. The zero-order valence-electron chi connectivity index (χ0n) is 13.1. The topological polar surface area (TPSA) is 21.7 Å². The van der Waals surface area contributed by atoms with Crippen LogP contribution in [-0.2, 0) is 22.9 Å². The van der Waals surface area contributed by atoms with Gasteiger partial charge in [0, 0.05) is 6.07 Å². The lowest BCUT2D eigenvalue weighted by Crippen LogP contribution is -2.24. The van der Waals surface area contributed by atoms with Crippen molar-refractivity contribution in [2.45, 2.75) is 13.2 Å². The average Bonchev–Trinajstić information content (AvgIpc) is 2.63. The minimum absolute atomic E-state index is 0.326. The number of nitrogens with zero attached hydrogens (tertiary/aromatic N) is 1. The van der Waals surface area contributed by atoms with Gasteiger partial charge >= 0.3 is 0 Å². The summed E-state index contributed by atoms with van der Waals surface area (Å²) in [6, 6.07) is 25.6. The van der Waals surface area contributed by atoms with Crippen LogP contribution in [0.2, 0.25) is 0 Å². The van der Waals surface area contributed by atoms with Crippen LogP contribution in [0.3, 0.4) is 0 Å². The molecular formula is C20H18FNO2. The Balaban J connectivity index is 1.70. The van der Waals surface area contributed by atoms with E-state index in [9.17, 15) is 4.39 Å². The minimum Gasteiger partial charge on any atom is -0.244 e. The third-order valence-corrected chi connectivity index (χ3v) is 3.40. The summed E-state index contributed by atoms with van der Waals surface area (Å²) < 4.78 is 13.5. The minimum atomic E-state index is -0.343. The summed E-state index contributed by atoms with van der Waals surface area (Å²) in [5.74, 6) is -0.343. The first-order chi connectivity index (χ1) is 11.8. The summed E-state index contributed by atoms with van der Waals surface area (Å²) >= 11 is 0. The molecule has 122 valence electrons. The Labute approximate surface area is 140 Å². The molecule has 0 heterocycles. The standard InChI is InChI=1S/C20H18FNO2/c21-19-12-7-13-20(14-19)22(23-15-17-8-3-1-4-9-17)24-16-18-10-5-2-6-11-18/h1-14H,15-16H2. The molecule has 0 amide bonds. The van der Waals surface area contributed by atoms with E-state index in [1.165, 1.54) is 17.4 Å². The van der Waals surface area contributed by atoms with Gasteiger partial charge in [0.05, 0.1) is 5.69 Å². The Bertz CT molecular complexity index is 706. The van der Waals surface area contributed by atoms with E-state index in [-0.39, 0.29) is 5.82 Å². The molecule has 0 bridgehead atoms. The Morgan fingerprint density at radius 1 is 0.667 bits per heavy atom. The van der Waals surface area contributed by atoms with Crippen LogP contribution < -0.4 is 5.23 Å². The second-order valence-corrected chi connectivity index (χ2v) is 5.26. The normalized spacial score (nSPS) is 10.5. The number of hydrogen-bond donors (Lipinski definition) is 0. The van der Waals surface area contributed by atoms with Crippen LogP contribution in [0.4, 0.5) is 10.1 Å². The molecule has 3 aromatic rings. The number of halogens is 1. The van der Waals surface area contributed by atoms with Crippen LogP contribution in [0.5, 0.6) is 0 Å². The molecule has 24 heavy (non-hydrogen) atoms. The maximum Gasteiger partial charge on any atom is 0.125 e. The van der Waals surface area contributed by atoms with Crippen LogP contribution in [0.1, 0.15) is 11.1 Å². The second kappa shape index (κ2) is 8.24. The van der Waals surface area contributed by atoms with Crippen LogP contribution in [-0.4, -0.2) is 0 Å². The van der Waals surface area contributed by atoms with E-state index >= 15 is 0 Å². The molecule has 0 aromatic heterocycles. The molecule has 3 rings (SSSR count). The fraction of sp³-hybridized carbons (Fsp3) is 0.100. The van der Waals surface area contributed by atoms with Gasteiger partial charge in [-0.15, -0.1) is 5.23 Å². The van der Waals surface area contributed by atoms with Crippen LogP contribution in [0.15, 0.2) is 84.9 Å². The maximum atomic E-state index is 13.5. The van der Waals surface area contributed by atoms with Crippen molar-refractivity contribution in [2.75, 3.05) is 5.23 Å². The molecule has 3 aromatic carbocycles. The van der Waals surface area contributed by atoms with E-state index in [2.05, 4.69) is 0 Å². The van der Waals surface area contributed by atoms with E-state index < -0.39 is 0 Å². The highest BCUT2D eigenvalue weighted by Crippen LogP contribution is 2.19. The summed E-state index contributed by atoms with van der Waals surface area (Å²) in [5.41, 5.74) is 2.51. The Morgan fingerprint density at radius 3 is 1.71 bits per heavy atom. The molecule has 0 aliphatic rings. The van der Waals surface area contributed by atoms with Crippen LogP contribution >= 0.6 is 0 Å². The van der Waals surface area contributed by atoms with Gasteiger partial charge in [-0.05, 0) is 23.3 Å². The van der Waals surface area contributed by atoms with E-state index in [0.717, 1.165) is 11.1 Å². The SMILES string of the molecule is Fc1cccc(N(OCc2ccccc2)OCc2ccccc2)c1. The zero-order valence-corrected chi connectivity index (χ0v) is 13.1. The molecule has 0 atom stereocenters. The molecule has 0 N–H and O–H groups in total. The first-order valence-electron chi connectivity index (χ1n) is 7.70. The molecule has 0 spiro atoms. The van der Waals surface area contributed by atoms with E-state index in [1.54, 1.807) is 12.1 Å². The van der Waals surface area contributed by atoms with Crippen molar-refractivity contribution in [3.8, 4) is 0 Å². The van der Waals surface area contributed by atoms with E-state index in [0.29, 0.717) is 18.9 Å². The first kappa shape index (κ1) is 16.2. The third-order valence-electron chi connectivity index (χ3n) is 3.40. The van der Waals surface area contributed by atoms with Crippen molar-refractivity contribution in [3.05, 3.63) is 102 Å². The molecule has 0 radical (unpaired) electrons. The maximum absolute atomic E-state index is 13.5. The second-order valence-electron chi connectivity index (χ2n) is 5.26. The molecule has 0 unspecified atom stereocenters. The molecule has 0 saturated heterocycles. The molecule has 0 aliphatic carbocycles. The largest absolute Gasteiger partial charge is 0.244 e. The first-order valence-corrected chi connectivity index (χ1v) is 7.70. The highest BCUT2D eigenvalue weighted by Gasteiger charge is 2.10. The van der Waals surface area contributed by atoms with Gasteiger partial charge in [-0.1, -0.05) is 66.7 Å². The molecule has 0 aliphatic heterocycles. The van der Waals surface area contributed by atoms with Gasteiger partial charge < -0.3 is 0 Å². The van der Waals surface area contributed by atoms with Crippen molar-refractivity contribution >= 4 is 5.69 Å². The molecule has 0 saturated carbocycles. The summed E-state index contributed by atoms with van der Waals surface area (Å²) in [5, 5.41) is 1.27. The number of rotatable bonds is 7. The van der Waals surface area contributed by atoms with Gasteiger partial charge in [-0.2, -0.15) is 0 Å². The smallest absolute Gasteiger partial charge is 0.125 e. The lowest BCUT2D eigenvalue weighted by atomic mass is 10.2. The van der Waals surface area contributed by atoms with Crippen molar-refractivity contribution in [1.82, 2.24) is 0 Å². The number of benzene rings is 3. The molecule has 0 fully saturated rings. The summed E-state index contributed by atoms with van der Waals surface area (Å²) in [6.45, 7) is 0.651. The van der Waals surface area contributed by atoms with Crippen molar-refractivity contribution < 1.29 is 14.1 Å². The lowest BCUT2D eigenvalue weighted by Gasteiger charge is -2.23. The third kappa shape index (κ3) is 4.65. The van der Waals surface area contributed by atoms with Gasteiger partial charge in [-0.25, -0.2) is 14.1 Å². The summed E-state index contributed by atoms with van der Waals surface area (Å²) in [7, 11) is 0. The van der Waals surface area contributed by atoms with Crippen molar-refractivity contribution in [3.63, 3.8) is 0 Å². The van der Waals surface area contributed by atoms with Crippen molar-refractivity contribution in [1.29, 1.82) is 0 Å². The Kier molecular flexibility index (Phi) is 5.56. The lowest BCUT2D eigenvalue weighted by molar-refractivity contribution is -0.105. The van der Waals surface area contributed by atoms with Gasteiger partial charge in [0.2, 0.25) is 0 Å². The predicted octanol–water partition coefficient (Wildman–Crippen LogP) is 4.90. The Hall–Kier alpha value is -2.69. The zero-order chi connectivity index (χ0) is 16.6. The highest BCUT2D eigenvalue weighted by molar-refractivity contribution is 5.41. The van der Waals surface area contributed by atoms with Gasteiger partial charge in [-0.3, -0.25) is 0 Å². The molecular weight excluding hydrogens is 305 g/mol. The fourth-order valence-electron chi connectivity index (χ4n) is 2.19. The average molecular weight is 323 g/mol. The van der Waals surface area contributed by atoms with Gasteiger partial charge in [0.1, 0.15) is 19.0 Å². The van der Waals surface area contributed by atoms with Crippen molar-refractivity contribution in [2.24, 2.45) is 0 Å². The van der Waals surface area contributed by atoms with Gasteiger partial charge in [0.25, 0.3) is 0 Å². The molecule has 4 heteroatoms. The summed E-state index contributed by atoms with van der Waals surface area (Å²) in [6.07, 6.45) is 0. The number of anilines is 1.